The number of nitrogens with zero attached hydrogens (tertiary/aromatic N) is 1. The van der Waals surface area contributed by atoms with Crippen LogP contribution in [0.5, 0.6) is 0 Å². The Hall–Kier alpha value is -5.87. The van der Waals surface area contributed by atoms with Crippen LogP contribution in [0.3, 0.4) is 0 Å². The Kier molecular flexibility index (Phi) is 11.5. The Balaban J connectivity index is 0.860. The number of amides is 5. The zero-order chi connectivity index (χ0) is 44.0. The molecular formula is C49H44Cl2FN5O6. The van der Waals surface area contributed by atoms with Crippen LogP contribution >= 0.6 is 23.2 Å². The highest BCUT2D eigenvalue weighted by atomic mass is 35.5. The molecule has 4 aliphatic heterocycles. The van der Waals surface area contributed by atoms with Gasteiger partial charge in [0.15, 0.2) is 5.78 Å². The molecule has 11 nitrogen and oxygen atoms in total. The lowest BCUT2D eigenvalue weighted by atomic mass is 9.55. The summed E-state index contributed by atoms with van der Waals surface area (Å²) in [6.45, 7) is 0.245. The van der Waals surface area contributed by atoms with Crippen molar-refractivity contribution in [2.24, 2.45) is 0 Å². The highest BCUT2D eigenvalue weighted by Gasteiger charge is 2.72. The molecule has 4 atom stereocenters. The fourth-order valence-electron chi connectivity index (χ4n) is 10.7. The van der Waals surface area contributed by atoms with Gasteiger partial charge >= 0.3 is 0 Å². The molecule has 1 saturated carbocycles. The van der Waals surface area contributed by atoms with Crippen LogP contribution < -0.4 is 21.3 Å². The first-order valence-corrected chi connectivity index (χ1v) is 22.2. The standard InChI is InChI=1S/C49H44Cl2FN5O6/c50-30-18-21-35-37(26-30)54-47(63)49(35)41(33-13-9-14-36(51)42(33)52)43(56-48(49)24-6-3-7-25-48)45(61)53-31-19-16-29(17-20-31)39(58)15-5-2-1-4-10-28-11-8-12-32-34(28)27-57(46(32)62)38-22-23-40(59)55-44(38)60/h8-9,11-14,16-21,26,38,41,43,56H,1-3,5-7,15,22-25,27H2,(H,53,61)(H,54,63)(H,55,59,60)/t38?,41-,43+,49+/m0/s1. The number of ketones is 1. The Labute approximate surface area is 373 Å². The van der Waals surface area contributed by atoms with Gasteiger partial charge in [0.05, 0.1) is 11.1 Å². The maximum atomic E-state index is 16.2. The van der Waals surface area contributed by atoms with Gasteiger partial charge in [-0.05, 0) is 103 Å². The molecule has 14 heteroatoms. The second-order valence-corrected chi connectivity index (χ2v) is 17.9. The molecule has 2 saturated heterocycles. The first kappa shape index (κ1) is 42.4. The van der Waals surface area contributed by atoms with E-state index in [1.54, 1.807) is 60.7 Å². The van der Waals surface area contributed by atoms with E-state index in [9.17, 15) is 28.8 Å². The molecule has 63 heavy (non-hydrogen) atoms. The van der Waals surface area contributed by atoms with Gasteiger partial charge < -0.3 is 15.5 Å². The van der Waals surface area contributed by atoms with Gasteiger partial charge in [-0.2, -0.15) is 0 Å². The topological polar surface area (TPSA) is 154 Å². The summed E-state index contributed by atoms with van der Waals surface area (Å²) in [6.07, 6.45) is 6.36. The van der Waals surface area contributed by atoms with Crippen LogP contribution in [0.2, 0.25) is 10.0 Å². The van der Waals surface area contributed by atoms with Crippen LogP contribution in [0.15, 0.2) is 78.9 Å². The Morgan fingerprint density at radius 2 is 1.68 bits per heavy atom. The van der Waals surface area contributed by atoms with E-state index < -0.39 is 46.6 Å². The molecule has 5 amide bonds. The summed E-state index contributed by atoms with van der Waals surface area (Å²) < 4.78 is 16.2. The van der Waals surface area contributed by atoms with Crippen molar-refractivity contribution in [3.8, 4) is 11.8 Å². The van der Waals surface area contributed by atoms with Crippen LogP contribution in [0.4, 0.5) is 15.8 Å². The number of carbonyl (C=O) groups excluding carboxylic acids is 6. The lowest BCUT2D eigenvalue weighted by Gasteiger charge is -2.47. The minimum Gasteiger partial charge on any atom is -0.325 e. The lowest BCUT2D eigenvalue weighted by molar-refractivity contribution is -0.137. The molecule has 0 aromatic heterocycles. The van der Waals surface area contributed by atoms with Crippen molar-refractivity contribution in [2.45, 2.75) is 106 Å². The van der Waals surface area contributed by atoms with E-state index in [4.69, 9.17) is 23.2 Å². The smallest absolute Gasteiger partial charge is 0.255 e. The number of rotatable bonds is 9. The molecular weight excluding hydrogens is 844 g/mol. The zero-order valence-electron chi connectivity index (χ0n) is 34.3. The third kappa shape index (κ3) is 7.40. The van der Waals surface area contributed by atoms with E-state index in [1.165, 1.54) is 11.0 Å². The molecule has 5 aliphatic rings. The molecule has 9 rings (SSSR count). The Bertz CT molecular complexity index is 2650. The van der Waals surface area contributed by atoms with E-state index in [0.29, 0.717) is 77.2 Å². The molecule has 4 aromatic carbocycles. The quantitative estimate of drug-likeness (QED) is 0.0576. The largest absolute Gasteiger partial charge is 0.325 e. The number of benzene rings is 4. The number of halogens is 3. The first-order valence-electron chi connectivity index (χ1n) is 21.4. The van der Waals surface area contributed by atoms with Crippen molar-refractivity contribution < 1.29 is 33.2 Å². The zero-order valence-corrected chi connectivity index (χ0v) is 35.8. The van der Waals surface area contributed by atoms with E-state index >= 15 is 4.39 Å². The van der Waals surface area contributed by atoms with Crippen molar-refractivity contribution in [1.82, 2.24) is 15.5 Å². The number of Topliss-reactive ketones (excluding diaryl/α,β-unsaturated/α-hetero) is 1. The Morgan fingerprint density at radius 3 is 2.46 bits per heavy atom. The van der Waals surface area contributed by atoms with Crippen molar-refractivity contribution in [3.05, 3.63) is 128 Å². The third-order valence-electron chi connectivity index (χ3n) is 13.5. The molecule has 1 aliphatic carbocycles. The van der Waals surface area contributed by atoms with E-state index in [2.05, 4.69) is 33.1 Å². The van der Waals surface area contributed by atoms with Crippen LogP contribution in [0, 0.1) is 17.7 Å². The van der Waals surface area contributed by atoms with Gasteiger partial charge in [0.25, 0.3) is 5.91 Å². The van der Waals surface area contributed by atoms with Crippen molar-refractivity contribution >= 4 is 69.9 Å². The fourth-order valence-corrected chi connectivity index (χ4v) is 11.0. The molecule has 3 fully saturated rings. The number of hydrogen-bond donors (Lipinski definition) is 4. The van der Waals surface area contributed by atoms with E-state index in [1.807, 2.05) is 12.1 Å². The number of fused-ring (bicyclic) bond motifs is 4. The molecule has 2 spiro atoms. The molecule has 1 unspecified atom stereocenters. The number of imide groups is 1. The van der Waals surface area contributed by atoms with Crippen molar-refractivity contribution in [1.29, 1.82) is 0 Å². The average molecular weight is 889 g/mol. The molecule has 4 N–H and O–H groups in total. The second kappa shape index (κ2) is 17.0. The SMILES string of the molecule is O=C1CCC(N2Cc3c(C#CCCCCC(=O)c4ccc(NC(=O)[C@@H]5NC6(CCCCC6)[C@@]6(C(=O)Nc7cc(Cl)ccc76)[C@H]5c5cccc(Cl)c5F)cc4)cccc3C2=O)C(=O)N1. The molecule has 4 aromatic rings. The summed E-state index contributed by atoms with van der Waals surface area (Å²) >= 11 is 12.8. The molecule has 322 valence electrons. The van der Waals surface area contributed by atoms with Gasteiger partial charge in [-0.25, -0.2) is 4.39 Å². The van der Waals surface area contributed by atoms with Gasteiger partial charge in [0.1, 0.15) is 17.3 Å². The van der Waals surface area contributed by atoms with Gasteiger partial charge in [0, 0.05) is 70.4 Å². The highest BCUT2D eigenvalue weighted by molar-refractivity contribution is 6.31. The van der Waals surface area contributed by atoms with Crippen molar-refractivity contribution in [3.63, 3.8) is 0 Å². The molecule has 0 radical (unpaired) electrons. The lowest BCUT2D eigenvalue weighted by Crippen LogP contribution is -2.60. The van der Waals surface area contributed by atoms with Crippen LogP contribution in [-0.2, 0) is 31.1 Å². The number of carbonyl (C=O) groups is 6. The van der Waals surface area contributed by atoms with Gasteiger partial charge in [-0.1, -0.05) is 78.6 Å². The number of unbranched alkanes of at least 4 members (excludes halogenated alkanes) is 2. The van der Waals surface area contributed by atoms with E-state index in [0.717, 1.165) is 24.8 Å². The summed E-state index contributed by atoms with van der Waals surface area (Å²) in [5.74, 6) is 2.80. The normalized spacial score (nSPS) is 23.2. The van der Waals surface area contributed by atoms with E-state index in [-0.39, 0.29) is 53.5 Å². The summed E-state index contributed by atoms with van der Waals surface area (Å²) in [7, 11) is 0. The summed E-state index contributed by atoms with van der Waals surface area (Å²) in [5, 5.41) is 12.3. The van der Waals surface area contributed by atoms with Crippen LogP contribution in [0.25, 0.3) is 0 Å². The van der Waals surface area contributed by atoms with Crippen LogP contribution in [-0.4, -0.2) is 57.8 Å². The van der Waals surface area contributed by atoms with Crippen molar-refractivity contribution in [2.75, 3.05) is 10.6 Å². The minimum absolute atomic E-state index is 0.0603. The summed E-state index contributed by atoms with van der Waals surface area (Å²) in [6, 6.07) is 20.2. The predicted molar refractivity (Wildman–Crippen MR) is 236 cm³/mol. The predicted octanol–water partition coefficient (Wildman–Crippen LogP) is 7.98. The summed E-state index contributed by atoms with van der Waals surface area (Å²) in [4.78, 5) is 81.1. The van der Waals surface area contributed by atoms with Gasteiger partial charge in [-0.15, -0.1) is 0 Å². The number of anilines is 2. The van der Waals surface area contributed by atoms with Crippen LogP contribution in [0.1, 0.15) is 120 Å². The molecule has 4 heterocycles. The number of hydrogen-bond acceptors (Lipinski definition) is 7. The maximum Gasteiger partial charge on any atom is 0.255 e. The maximum absolute atomic E-state index is 16.2. The summed E-state index contributed by atoms with van der Waals surface area (Å²) in [5.41, 5.74) is 2.05. The highest BCUT2D eigenvalue weighted by Crippen LogP contribution is 2.63. The fraction of sp³-hybridized carbons (Fsp3) is 0.347. The third-order valence-corrected chi connectivity index (χ3v) is 14.1. The second-order valence-electron chi connectivity index (χ2n) is 17.1. The monoisotopic (exact) mass is 887 g/mol. The first-order chi connectivity index (χ1) is 30.4. The number of nitrogens with one attached hydrogen (secondary N) is 4. The average Bonchev–Trinajstić information content (AvgIpc) is 3.87. The number of piperidine rings is 1. The van der Waals surface area contributed by atoms with Gasteiger partial charge in [-0.3, -0.25) is 39.4 Å². The Morgan fingerprint density at radius 1 is 0.905 bits per heavy atom. The molecule has 0 bridgehead atoms. The van der Waals surface area contributed by atoms with Gasteiger partial charge in [0.2, 0.25) is 23.6 Å². The minimum atomic E-state index is -1.36.